The predicted molar refractivity (Wildman–Crippen MR) is 606 cm³/mol. The molecule has 44 atom stereocenters. The van der Waals surface area contributed by atoms with Gasteiger partial charge in [0.05, 0.1) is 18.3 Å². The van der Waals surface area contributed by atoms with Crippen LogP contribution in [0.1, 0.15) is 477 Å². The molecule has 0 bridgehead atoms. The quantitative estimate of drug-likeness (QED) is 0.0851. The van der Waals surface area contributed by atoms with Crippen LogP contribution in [-0.4, -0.2) is 96.9 Å². The molecule has 0 saturated heterocycles. The lowest BCUT2D eigenvalue weighted by Gasteiger charge is -2.59. The third-order valence-electron chi connectivity index (χ3n) is 54.0. The van der Waals surface area contributed by atoms with Crippen LogP contribution in [0.25, 0.3) is 0 Å². The van der Waals surface area contributed by atoms with Crippen LogP contribution in [0.4, 0.5) is 0 Å². The number of phenolic OH excluding ortho intramolecular Hbond substituents is 1. The van der Waals surface area contributed by atoms with Crippen LogP contribution in [0.3, 0.4) is 0 Å². The number of aliphatic hydroxyl groups excluding tert-OH is 5. The maximum Gasteiger partial charge on any atom is 0.162 e. The molecular weight excluding hydrogens is 1850 g/mol. The average molecular weight is 2070 g/mol. The number of aromatic hydroxyl groups is 1. The summed E-state index contributed by atoms with van der Waals surface area (Å²) in [4.78, 5) is 73.7. The van der Waals surface area contributed by atoms with E-state index >= 15 is 0 Å². The second kappa shape index (κ2) is 44.4. The fourth-order valence-corrected chi connectivity index (χ4v) is 46.7. The standard InChI is InChI=1S/C29H50O.C23H34O4.C23H34O3.C23H34O2.C20H28O2.C20H34/c1-7-21-17-26-24-12-11-22-18-23(30)13-15-28(22,5)25(24)14-16-29(26,6)27(21)20(4)10-8-9-19(2)3;1-4-13-9-17-16-6-5-14-10-15(25)7-8-22(14,2)21(16)18(26)11-23(17,3)20(13)19(27)12-24;1-4-14-11-19-17-6-5-15-12-16(25)7-9-22(15,2)18(17)8-10-23(19,3)21(14)20(26)13-24;1-5-15-12-20-18-7-6-16-13-17(25)8-10-22(16,3)19(18)9-11-23(20,4)21(15)14(2)24;1-3-12-11-18-17-6-4-13-10-14(21)5-7-15(13)16(17)8-9-20(18,2)19(12)22;1-3-14-12-19-18-9-8-15-6-4-5-7-16(15)17(18)10-11-20(19,2)13-14/h11,19-21,23-27,30H,7-10,12-18H2,1-6H3;10,13,16-18,20-21,24,26H,4-9,11-12H2,1-3H3;12,14,17-19,21,24H,4-11,13H2,1-3H3;13,15,18-21H,5-12H2,1-4H3;5,7,10,12,16-19,21-22H,3-4,6,8-9,11H2,1-2H3;14-19H,3-13H2,1-2H3/t20-,21?,23+,24-,25+,26+,27+,28+,29+;13?,16-,17-,18-,20+,21+,22-,23-;14?,17-,18+,19+,21-,22+,23+;15?,18-,19+,20+,21+,22+,23+;12?,16?,17?,18?,19-,20-;14?,15?,16-,17+,18+,19-,20+/m101100/s1. The zero-order valence-electron chi connectivity index (χ0n) is 98.4. The number of rotatable bonds is 16. The highest BCUT2D eigenvalue weighted by atomic mass is 16.3. The first kappa shape index (κ1) is 114. The zero-order chi connectivity index (χ0) is 107. The minimum atomic E-state index is -0.442. The molecule has 150 heavy (non-hydrogen) atoms. The Balaban J connectivity index is 0.000000113. The summed E-state index contributed by atoms with van der Waals surface area (Å²) in [7, 11) is 0. The lowest BCUT2D eigenvalue weighted by atomic mass is 9.46. The highest BCUT2D eigenvalue weighted by Gasteiger charge is 2.70. The van der Waals surface area contributed by atoms with Gasteiger partial charge in [-0.1, -0.05) is 243 Å². The largest absolute Gasteiger partial charge is 0.508 e. The van der Waals surface area contributed by atoms with Crippen molar-refractivity contribution in [3.63, 3.8) is 0 Å². The number of aryl methyl sites for hydroxylation is 1. The highest BCUT2D eigenvalue weighted by Crippen LogP contribution is 2.76. The average Bonchev–Trinajstić information content (AvgIpc) is 1.51. The summed E-state index contributed by atoms with van der Waals surface area (Å²) < 4.78 is 0. The van der Waals surface area contributed by atoms with E-state index in [1.165, 1.54) is 156 Å². The number of hydrogen-bond donors (Lipinski definition) is 6. The molecule has 18 saturated carbocycles. The lowest BCUT2D eigenvalue weighted by molar-refractivity contribution is -0.147. The van der Waals surface area contributed by atoms with Crippen LogP contribution in [0.2, 0.25) is 0 Å². The number of benzene rings is 1. The Kier molecular flexibility index (Phi) is 33.7. The molecule has 23 aliphatic carbocycles. The van der Waals surface area contributed by atoms with Gasteiger partial charge in [0.25, 0.3) is 0 Å². The lowest BCUT2D eigenvalue weighted by Crippen LogP contribution is -2.57. The number of Topliss-reactive ketones (excluding diaryl/α,β-unsaturated/α-hetero) is 3. The first-order chi connectivity index (χ1) is 71.4. The third-order valence-corrected chi connectivity index (χ3v) is 54.0. The minimum Gasteiger partial charge on any atom is -0.508 e. The fraction of sp³-hybridized carbons (Fsp3) is 0.855. The monoisotopic (exact) mass is 2060 g/mol. The summed E-state index contributed by atoms with van der Waals surface area (Å²) in [6, 6.07) is 5.98. The summed E-state index contributed by atoms with van der Waals surface area (Å²) in [6.07, 6.45) is 69.9. The van der Waals surface area contributed by atoms with Crippen LogP contribution in [0.15, 0.2) is 64.8 Å². The van der Waals surface area contributed by atoms with E-state index < -0.39 is 6.10 Å². The summed E-state index contributed by atoms with van der Waals surface area (Å²) in [5.41, 5.74) is 10.8. The molecule has 6 N–H and O–H groups in total. The molecule has 0 aliphatic heterocycles. The second-order valence-electron chi connectivity index (χ2n) is 60.4. The van der Waals surface area contributed by atoms with Crippen molar-refractivity contribution in [3.8, 4) is 5.75 Å². The van der Waals surface area contributed by atoms with E-state index in [1.807, 2.05) is 37.3 Å². The summed E-state index contributed by atoms with van der Waals surface area (Å²) >= 11 is 0. The molecule has 0 radical (unpaired) electrons. The van der Waals surface area contributed by atoms with Gasteiger partial charge in [-0.15, -0.1) is 0 Å². The molecule has 18 fully saturated rings. The van der Waals surface area contributed by atoms with E-state index in [-0.39, 0.29) is 104 Å². The van der Waals surface area contributed by atoms with Crippen LogP contribution < -0.4 is 0 Å². The molecule has 12 nitrogen and oxygen atoms in total. The molecule has 0 aromatic heterocycles. The predicted octanol–water partition coefficient (Wildman–Crippen LogP) is 31.3. The Bertz CT molecular complexity index is 5140. The molecule has 1 aromatic carbocycles. The van der Waals surface area contributed by atoms with Crippen molar-refractivity contribution in [3.05, 3.63) is 75.9 Å². The van der Waals surface area contributed by atoms with Gasteiger partial charge in [-0.3, -0.25) is 28.8 Å². The van der Waals surface area contributed by atoms with Gasteiger partial charge < -0.3 is 30.6 Å². The summed E-state index contributed by atoms with van der Waals surface area (Å²) in [5, 5.41) is 61.3. The van der Waals surface area contributed by atoms with Gasteiger partial charge in [0.1, 0.15) is 24.7 Å². The fourth-order valence-electron chi connectivity index (χ4n) is 46.7. The van der Waals surface area contributed by atoms with Gasteiger partial charge in [-0.05, 0) is 505 Å². The SMILES string of the molecule is CCC1CC2C3CCc4cc(O)ccc4C3CC[C@]2(C)[C@H]1O.CCC1C[C@H]2[C@@H]3CC=C4C[C@@H](O)CC[C@]4(C)[C@H]3CC[C@]2(C)[C@H]1[C@H](C)CCCC(C)C.CCC1C[C@H]2[C@@H]3CCC4=CC(=O)CC[C@]4(C)[C@H]3CC[C@]2(C)[C@H]1C(=O)CO.CCC1C[C@H]2[C@@H]3CCC4=CC(=O)CC[C@]4(C)[C@H]3CC[C@]2(C)[C@H]1C(C)=O.CCC1C[C@H]2[C@@H]3CCC4=CC(=O)CC[C@]4(C)[C@H]3[C@@H](O)C[C@]2(C)[C@H]1C(=O)CO.CCC1C[C@H]2[C@@H]3CCC4CCCC[C@@H]4[C@H]3CC[C@]2(C)C1. The molecule has 838 valence electrons. The van der Waals surface area contributed by atoms with Crippen molar-refractivity contribution in [2.45, 2.75) is 490 Å². The molecule has 0 heterocycles. The first-order valence-electron chi connectivity index (χ1n) is 64.4. The normalized spacial score (nSPS) is 48.3. The molecule has 24 rings (SSSR count). The van der Waals surface area contributed by atoms with Crippen LogP contribution in [0.5, 0.6) is 5.75 Å². The number of phenols is 1. The molecule has 0 spiro atoms. The Morgan fingerprint density at radius 1 is 0.400 bits per heavy atom. The van der Waals surface area contributed by atoms with Crippen LogP contribution in [-0.2, 0) is 35.2 Å². The van der Waals surface area contributed by atoms with E-state index in [9.17, 15) is 59.4 Å². The Hall–Kier alpha value is -4.20. The molecule has 12 heteroatoms. The number of carbonyl (C=O) groups excluding carboxylic acids is 6. The Labute approximate surface area is 910 Å². The zero-order valence-corrected chi connectivity index (χ0v) is 98.4. The first-order valence-corrected chi connectivity index (χ1v) is 64.4. The van der Waals surface area contributed by atoms with E-state index in [0.717, 1.165) is 222 Å². The third kappa shape index (κ3) is 19.7. The Morgan fingerprint density at radius 2 is 0.893 bits per heavy atom. The van der Waals surface area contributed by atoms with Gasteiger partial charge in [-0.25, -0.2) is 0 Å². The summed E-state index contributed by atoms with van der Waals surface area (Å²) in [6.45, 7) is 46.7. The molecule has 0 amide bonds. The van der Waals surface area contributed by atoms with E-state index in [1.54, 1.807) is 63.4 Å². The number of aliphatic hydroxyl groups is 5. The molecule has 23 aliphatic rings. The van der Waals surface area contributed by atoms with Crippen molar-refractivity contribution in [2.75, 3.05) is 13.2 Å². The number of allylic oxidation sites excluding steroid dienone is 4. The minimum absolute atomic E-state index is 0.0385. The number of fused-ring (bicyclic) bond motifs is 30. The Morgan fingerprint density at radius 3 is 1.47 bits per heavy atom. The second-order valence-corrected chi connectivity index (χ2v) is 60.4. The number of hydrogen-bond acceptors (Lipinski definition) is 12. The van der Waals surface area contributed by atoms with Crippen LogP contribution >= 0.6 is 0 Å². The van der Waals surface area contributed by atoms with Gasteiger partial charge in [0.2, 0.25) is 0 Å². The molecule has 10 unspecified atom stereocenters. The van der Waals surface area contributed by atoms with Crippen LogP contribution in [0, 0.1) is 238 Å². The molecule has 1 aromatic rings. The highest BCUT2D eigenvalue weighted by molar-refractivity contribution is 5.93. The van der Waals surface area contributed by atoms with Crippen molar-refractivity contribution in [1.82, 2.24) is 0 Å². The maximum atomic E-state index is 12.7. The van der Waals surface area contributed by atoms with E-state index in [2.05, 4.69) is 144 Å². The van der Waals surface area contributed by atoms with Crippen molar-refractivity contribution >= 4 is 34.7 Å². The van der Waals surface area contributed by atoms with Crippen molar-refractivity contribution in [2.24, 2.45) is 238 Å². The van der Waals surface area contributed by atoms with Crippen molar-refractivity contribution in [1.29, 1.82) is 0 Å². The number of carbonyl (C=O) groups is 6. The van der Waals surface area contributed by atoms with Crippen molar-refractivity contribution < 1.29 is 59.4 Å². The maximum absolute atomic E-state index is 12.7. The smallest absolute Gasteiger partial charge is 0.162 e. The number of ketones is 6. The summed E-state index contributed by atoms with van der Waals surface area (Å²) in [5.74, 6) is 24.0. The van der Waals surface area contributed by atoms with E-state index in [4.69, 9.17) is 0 Å². The van der Waals surface area contributed by atoms with Gasteiger partial charge in [0.15, 0.2) is 28.9 Å². The topological polar surface area (TPSA) is 224 Å². The van der Waals surface area contributed by atoms with Gasteiger partial charge in [0, 0.05) is 37.0 Å². The van der Waals surface area contributed by atoms with Gasteiger partial charge >= 0.3 is 0 Å². The molecular formula is C138H214O12. The van der Waals surface area contributed by atoms with Gasteiger partial charge in [-0.2, -0.15) is 0 Å². The van der Waals surface area contributed by atoms with E-state index in [0.29, 0.717) is 124 Å².